The summed E-state index contributed by atoms with van der Waals surface area (Å²) in [6, 6.07) is 13.5. The first-order valence-corrected chi connectivity index (χ1v) is 5.56. The van der Waals surface area contributed by atoms with Gasteiger partial charge in [0.25, 0.3) is 0 Å². The maximum atomic E-state index is 7.50. The average Bonchev–Trinajstić information content (AvgIpc) is 3.13. The SMILES string of the molecule is [C-]=O.[C-]=O.[C-]=O.[C-]=O.[Re].c1ccc(-c2nc3ccccc3[n-]2)nc1. The topological polar surface area (TPSA) is 108 Å². The molecule has 0 spiro atoms. The van der Waals surface area contributed by atoms with Crippen molar-refractivity contribution in [2.24, 2.45) is 0 Å². The third-order valence-electron chi connectivity index (χ3n) is 2.23. The molecule has 8 heteroatoms. The summed E-state index contributed by atoms with van der Waals surface area (Å²) in [6.45, 7) is 18.0. The largest absolute Gasteiger partial charge is 0.573 e. The quantitative estimate of drug-likeness (QED) is 0.460. The van der Waals surface area contributed by atoms with E-state index in [0.29, 0.717) is 5.82 Å². The van der Waals surface area contributed by atoms with Gasteiger partial charge in [-0.1, -0.05) is 30.3 Å². The molecule has 2 heterocycles. The van der Waals surface area contributed by atoms with E-state index in [-0.39, 0.29) is 20.4 Å². The van der Waals surface area contributed by atoms with E-state index in [1.165, 1.54) is 0 Å². The van der Waals surface area contributed by atoms with Crippen molar-refractivity contribution in [3.8, 4) is 11.5 Å². The number of imidazole rings is 1. The van der Waals surface area contributed by atoms with Crippen molar-refractivity contribution in [2.75, 3.05) is 0 Å². The zero-order chi connectivity index (χ0) is 18.1. The molecule has 0 N–H and O–H groups in total. The van der Waals surface area contributed by atoms with Crippen LogP contribution in [0.25, 0.3) is 22.6 Å². The van der Waals surface area contributed by atoms with E-state index in [0.717, 1.165) is 16.7 Å². The van der Waals surface area contributed by atoms with Crippen molar-refractivity contribution in [1.29, 1.82) is 0 Å². The number of hydrogen-bond donors (Lipinski definition) is 0. The number of para-hydroxylation sites is 2. The smallest absolute Gasteiger partial charge is 0.0620 e. The van der Waals surface area contributed by atoms with Gasteiger partial charge in [0, 0.05) is 26.6 Å². The van der Waals surface area contributed by atoms with Crippen molar-refractivity contribution in [2.45, 2.75) is 0 Å². The van der Waals surface area contributed by atoms with Crippen molar-refractivity contribution in [1.82, 2.24) is 15.0 Å². The van der Waals surface area contributed by atoms with Gasteiger partial charge in [-0.05, 0) is 29.0 Å². The van der Waals surface area contributed by atoms with Gasteiger partial charge in [0.2, 0.25) is 0 Å². The summed E-state index contributed by atoms with van der Waals surface area (Å²) in [7, 11) is 0. The van der Waals surface area contributed by atoms with Gasteiger partial charge in [0.1, 0.15) is 0 Å². The van der Waals surface area contributed by atoms with Gasteiger partial charge in [-0.3, -0.25) is 4.98 Å². The Labute approximate surface area is 153 Å². The number of benzene rings is 1. The first-order valence-electron chi connectivity index (χ1n) is 5.56. The second-order valence-corrected chi connectivity index (χ2v) is 3.25. The fourth-order valence-corrected chi connectivity index (χ4v) is 1.52. The number of fused-ring (bicyclic) bond motifs is 1. The molecule has 0 saturated heterocycles. The number of hydrogen-bond acceptors (Lipinski definition) is 6. The fraction of sp³-hybridized carbons (Fsp3) is 0. The minimum Gasteiger partial charge on any atom is -0.573 e. The second-order valence-electron chi connectivity index (χ2n) is 3.25. The van der Waals surface area contributed by atoms with E-state index >= 15 is 0 Å². The van der Waals surface area contributed by atoms with E-state index in [4.69, 9.17) is 19.2 Å². The van der Waals surface area contributed by atoms with Crippen LogP contribution in [0.4, 0.5) is 0 Å². The number of nitrogens with zero attached hydrogens (tertiary/aromatic N) is 3. The summed E-state index contributed by atoms with van der Waals surface area (Å²) in [4.78, 5) is 43.0. The molecule has 0 aliphatic heterocycles. The summed E-state index contributed by atoms with van der Waals surface area (Å²) < 4.78 is 0. The van der Waals surface area contributed by atoms with Crippen molar-refractivity contribution in [3.05, 3.63) is 48.7 Å². The molecule has 0 bridgehead atoms. The third kappa shape index (κ3) is 7.98. The average molecular weight is 492 g/mol. The van der Waals surface area contributed by atoms with E-state index in [1.807, 2.05) is 42.5 Å². The van der Waals surface area contributed by atoms with Gasteiger partial charge < -0.3 is 56.3 Å². The molecule has 123 valence electrons. The van der Waals surface area contributed by atoms with Gasteiger partial charge in [0.05, 0.1) is 5.69 Å². The molecule has 2 aromatic heterocycles. The standard InChI is InChI=1S/C12H8N3.4CO.Re/c1-2-6-10-9(5-1)14-12(15-10)11-7-3-4-8-13-11;4*1-2;/h1-8H;;;;;/q5*-1;. The van der Waals surface area contributed by atoms with Crippen molar-refractivity contribution < 1.29 is 39.6 Å². The Balaban J connectivity index is -0.000000435. The summed E-state index contributed by atoms with van der Waals surface area (Å²) in [5.41, 5.74) is 2.64. The minimum atomic E-state index is 0. The summed E-state index contributed by atoms with van der Waals surface area (Å²) >= 11 is 0. The number of pyridine rings is 1. The molecular weight excluding hydrogens is 484 g/mol. The van der Waals surface area contributed by atoms with Crippen LogP contribution in [0.5, 0.6) is 0 Å². The number of rotatable bonds is 1. The van der Waals surface area contributed by atoms with Crippen LogP contribution in [0.1, 0.15) is 0 Å². The Morgan fingerprint density at radius 1 is 0.750 bits per heavy atom. The summed E-state index contributed by atoms with van der Waals surface area (Å²) in [5.74, 6) is 0.691. The molecule has 7 nitrogen and oxygen atoms in total. The normalized spacial score (nSPS) is 7.33. The molecule has 0 unspecified atom stereocenters. The molecule has 5 radical (unpaired) electrons. The van der Waals surface area contributed by atoms with Crippen LogP contribution >= 0.6 is 0 Å². The summed E-state index contributed by atoms with van der Waals surface area (Å²) in [5, 5.41) is 0. The minimum absolute atomic E-state index is 0. The number of aromatic nitrogens is 3. The second kappa shape index (κ2) is 18.2. The molecule has 3 rings (SSSR count). The maximum Gasteiger partial charge on any atom is 0.0620 e. The van der Waals surface area contributed by atoms with Gasteiger partial charge in [-0.15, -0.1) is 0 Å². The fourth-order valence-electron chi connectivity index (χ4n) is 1.52. The Kier molecular flexibility index (Phi) is 19.8. The molecular formula is C16H8N3O4Re-5. The van der Waals surface area contributed by atoms with Crippen molar-refractivity contribution in [3.63, 3.8) is 0 Å². The Morgan fingerprint density at radius 3 is 1.79 bits per heavy atom. The van der Waals surface area contributed by atoms with Gasteiger partial charge in [-0.2, -0.15) is 0 Å². The van der Waals surface area contributed by atoms with Crippen molar-refractivity contribution >= 4 is 38.2 Å². The van der Waals surface area contributed by atoms with Crippen LogP contribution in [-0.4, -0.2) is 37.1 Å². The Morgan fingerprint density at radius 2 is 1.29 bits per heavy atom. The van der Waals surface area contributed by atoms with E-state index in [2.05, 4.69) is 42.1 Å². The maximum absolute atomic E-state index is 7.50. The third-order valence-corrected chi connectivity index (χ3v) is 2.23. The van der Waals surface area contributed by atoms with Crippen LogP contribution in [-0.2, 0) is 39.6 Å². The Hall–Kier alpha value is -2.82. The first kappa shape index (κ1) is 26.1. The van der Waals surface area contributed by atoms with E-state index in [1.54, 1.807) is 6.20 Å². The first-order chi connectivity index (χ1) is 11.4. The molecule has 1 aromatic carbocycles. The zero-order valence-corrected chi connectivity index (χ0v) is 14.7. The van der Waals surface area contributed by atoms with E-state index in [9.17, 15) is 0 Å². The van der Waals surface area contributed by atoms with Crippen LogP contribution < -0.4 is 4.98 Å². The van der Waals surface area contributed by atoms with Crippen LogP contribution in [0.2, 0.25) is 0 Å². The molecule has 0 saturated carbocycles. The van der Waals surface area contributed by atoms with E-state index < -0.39 is 0 Å². The monoisotopic (exact) mass is 493 g/mol. The molecule has 24 heavy (non-hydrogen) atoms. The van der Waals surface area contributed by atoms with Crippen LogP contribution in [0, 0.1) is 0 Å². The molecule has 0 aliphatic rings. The predicted molar refractivity (Wildman–Crippen MR) is 81.1 cm³/mol. The summed E-state index contributed by atoms with van der Waals surface area (Å²) in [6.07, 6.45) is 1.75. The molecule has 3 aromatic rings. The molecule has 0 amide bonds. The Bertz CT molecular complexity index is 623. The molecule has 0 aliphatic carbocycles. The van der Waals surface area contributed by atoms with Crippen LogP contribution in [0.3, 0.4) is 0 Å². The predicted octanol–water partition coefficient (Wildman–Crippen LogP) is 0.663. The van der Waals surface area contributed by atoms with Gasteiger partial charge in [-0.25, -0.2) is 0 Å². The van der Waals surface area contributed by atoms with Gasteiger partial charge in [0.15, 0.2) is 0 Å². The molecule has 0 atom stereocenters. The van der Waals surface area contributed by atoms with Crippen LogP contribution in [0.15, 0.2) is 48.7 Å². The van der Waals surface area contributed by atoms with Gasteiger partial charge >= 0.3 is 0 Å². The zero-order valence-electron chi connectivity index (χ0n) is 12.0. The molecule has 0 fully saturated rings. The number of carbonyl (C=O) groups excluding carboxylic acids is 4.